The van der Waals surface area contributed by atoms with Crippen LogP contribution < -0.4 is 0 Å². The van der Waals surface area contributed by atoms with Crippen molar-refractivity contribution >= 4 is 14.8 Å². The van der Waals surface area contributed by atoms with Crippen molar-refractivity contribution in [2.45, 2.75) is 47.1 Å². The SMILES string of the molecule is CCO[Si](CCCOC(=O)C=C(C)C)(OCC)OCC. The Morgan fingerprint density at radius 3 is 1.90 bits per heavy atom. The number of hydrogen-bond donors (Lipinski definition) is 0. The van der Waals surface area contributed by atoms with Crippen molar-refractivity contribution in [3.63, 3.8) is 0 Å². The van der Waals surface area contributed by atoms with Crippen molar-refractivity contribution in [2.75, 3.05) is 26.4 Å². The first-order valence-electron chi connectivity index (χ1n) is 7.23. The number of allylic oxidation sites excluding steroid dienone is 1. The fraction of sp³-hybridized carbons (Fsp3) is 0.786. The highest BCUT2D eigenvalue weighted by molar-refractivity contribution is 6.60. The van der Waals surface area contributed by atoms with E-state index in [-0.39, 0.29) is 5.97 Å². The van der Waals surface area contributed by atoms with Crippen LogP contribution >= 0.6 is 0 Å². The lowest BCUT2D eigenvalue weighted by Gasteiger charge is -2.28. The van der Waals surface area contributed by atoms with Crippen LogP contribution in [0.1, 0.15) is 41.0 Å². The molecular formula is C14H28O5Si. The third kappa shape index (κ3) is 8.47. The molecule has 6 heteroatoms. The average Bonchev–Trinajstić information content (AvgIpc) is 2.35. The molecule has 0 aromatic heterocycles. The van der Waals surface area contributed by atoms with Crippen molar-refractivity contribution in [1.82, 2.24) is 0 Å². The highest BCUT2D eigenvalue weighted by Crippen LogP contribution is 2.18. The summed E-state index contributed by atoms with van der Waals surface area (Å²) in [5, 5.41) is 0. The highest BCUT2D eigenvalue weighted by atomic mass is 28.4. The second kappa shape index (κ2) is 11.0. The van der Waals surface area contributed by atoms with Crippen molar-refractivity contribution in [2.24, 2.45) is 0 Å². The summed E-state index contributed by atoms with van der Waals surface area (Å²) in [4.78, 5) is 11.4. The molecule has 0 aliphatic carbocycles. The Labute approximate surface area is 123 Å². The van der Waals surface area contributed by atoms with Crippen molar-refractivity contribution in [3.05, 3.63) is 11.6 Å². The zero-order valence-electron chi connectivity index (χ0n) is 13.4. The van der Waals surface area contributed by atoms with E-state index in [0.717, 1.165) is 5.57 Å². The van der Waals surface area contributed by atoms with Crippen LogP contribution in [-0.4, -0.2) is 41.2 Å². The fourth-order valence-corrected chi connectivity index (χ4v) is 4.32. The lowest BCUT2D eigenvalue weighted by Crippen LogP contribution is -2.46. The summed E-state index contributed by atoms with van der Waals surface area (Å²) in [7, 11) is -2.61. The molecule has 0 radical (unpaired) electrons. The number of carbonyl (C=O) groups is 1. The second-order valence-electron chi connectivity index (χ2n) is 4.47. The predicted octanol–water partition coefficient (Wildman–Crippen LogP) is 2.93. The lowest BCUT2D eigenvalue weighted by molar-refractivity contribution is -0.137. The van der Waals surface area contributed by atoms with Crippen molar-refractivity contribution in [3.8, 4) is 0 Å². The van der Waals surface area contributed by atoms with Crippen LogP contribution in [0.5, 0.6) is 0 Å². The van der Waals surface area contributed by atoms with Gasteiger partial charge >= 0.3 is 14.8 Å². The van der Waals surface area contributed by atoms with Crippen LogP contribution in [0.15, 0.2) is 11.6 Å². The van der Waals surface area contributed by atoms with Crippen LogP contribution in [0.25, 0.3) is 0 Å². The van der Waals surface area contributed by atoms with Gasteiger partial charge in [0.25, 0.3) is 0 Å². The third-order valence-corrected chi connectivity index (χ3v) is 5.52. The van der Waals surface area contributed by atoms with Gasteiger partial charge in [-0.3, -0.25) is 0 Å². The molecule has 0 N–H and O–H groups in total. The number of esters is 1. The summed E-state index contributed by atoms with van der Waals surface area (Å²) in [5.41, 5.74) is 0.927. The first-order valence-corrected chi connectivity index (χ1v) is 9.16. The zero-order chi connectivity index (χ0) is 15.4. The van der Waals surface area contributed by atoms with Crippen molar-refractivity contribution in [1.29, 1.82) is 0 Å². The normalized spacial score (nSPS) is 11.2. The molecule has 0 atom stereocenters. The maximum absolute atomic E-state index is 11.4. The van der Waals surface area contributed by atoms with E-state index in [1.54, 1.807) is 0 Å². The molecule has 5 nitrogen and oxygen atoms in total. The first kappa shape index (κ1) is 19.3. The Morgan fingerprint density at radius 1 is 1.00 bits per heavy atom. The molecule has 0 saturated carbocycles. The lowest BCUT2D eigenvalue weighted by atomic mass is 10.3. The summed E-state index contributed by atoms with van der Waals surface area (Å²) in [5.74, 6) is -0.304. The Hall–Kier alpha value is -0.693. The van der Waals surface area contributed by atoms with Gasteiger partial charge in [-0.25, -0.2) is 4.79 Å². The molecule has 0 saturated heterocycles. The quantitative estimate of drug-likeness (QED) is 0.254. The van der Waals surface area contributed by atoms with Gasteiger partial charge in [0, 0.05) is 31.9 Å². The molecule has 0 aliphatic rings. The van der Waals surface area contributed by atoms with Gasteiger partial charge in [0.1, 0.15) is 0 Å². The zero-order valence-corrected chi connectivity index (χ0v) is 14.4. The molecule has 0 amide bonds. The average molecular weight is 304 g/mol. The van der Waals surface area contributed by atoms with Gasteiger partial charge in [0.05, 0.1) is 6.61 Å². The van der Waals surface area contributed by atoms with E-state index in [0.29, 0.717) is 38.9 Å². The van der Waals surface area contributed by atoms with Gasteiger partial charge in [0.15, 0.2) is 0 Å². The Balaban J connectivity index is 4.25. The molecule has 20 heavy (non-hydrogen) atoms. The van der Waals surface area contributed by atoms with E-state index in [1.165, 1.54) is 6.08 Å². The molecule has 0 bridgehead atoms. The highest BCUT2D eigenvalue weighted by Gasteiger charge is 2.39. The summed E-state index contributed by atoms with van der Waals surface area (Å²) < 4.78 is 22.3. The largest absolute Gasteiger partial charge is 0.501 e. The van der Waals surface area contributed by atoms with Crippen LogP contribution in [0.2, 0.25) is 6.04 Å². The summed E-state index contributed by atoms with van der Waals surface area (Å²) in [6.45, 7) is 11.5. The topological polar surface area (TPSA) is 54.0 Å². The van der Waals surface area contributed by atoms with Gasteiger partial charge in [-0.05, 0) is 41.0 Å². The second-order valence-corrected chi connectivity index (χ2v) is 7.21. The van der Waals surface area contributed by atoms with E-state index in [4.69, 9.17) is 18.0 Å². The minimum atomic E-state index is -2.61. The summed E-state index contributed by atoms with van der Waals surface area (Å²) in [6.07, 6.45) is 2.16. The van der Waals surface area contributed by atoms with Gasteiger partial charge < -0.3 is 18.0 Å². The Morgan fingerprint density at radius 2 is 1.50 bits per heavy atom. The molecule has 0 fully saturated rings. The molecular weight excluding hydrogens is 276 g/mol. The van der Waals surface area contributed by atoms with E-state index in [1.807, 2.05) is 34.6 Å². The van der Waals surface area contributed by atoms with Gasteiger partial charge in [-0.2, -0.15) is 0 Å². The molecule has 0 rings (SSSR count). The minimum absolute atomic E-state index is 0.304. The molecule has 0 heterocycles. The fourth-order valence-electron chi connectivity index (χ4n) is 1.74. The van der Waals surface area contributed by atoms with E-state index in [9.17, 15) is 4.79 Å². The van der Waals surface area contributed by atoms with Crippen LogP contribution in [0, 0.1) is 0 Å². The third-order valence-electron chi connectivity index (χ3n) is 2.37. The standard InChI is InChI=1S/C14H28O5Si/c1-6-17-20(18-7-2,19-8-3)11-9-10-16-14(15)12-13(4)5/h12H,6-11H2,1-5H3. The van der Waals surface area contributed by atoms with Gasteiger partial charge in [0.2, 0.25) is 0 Å². The van der Waals surface area contributed by atoms with Gasteiger partial charge in [-0.1, -0.05) is 5.57 Å². The summed E-state index contributed by atoms with van der Waals surface area (Å²) in [6, 6.07) is 0.657. The maximum Gasteiger partial charge on any atom is 0.501 e. The van der Waals surface area contributed by atoms with E-state index < -0.39 is 8.80 Å². The molecule has 0 aliphatic heterocycles. The first-order chi connectivity index (χ1) is 9.49. The molecule has 0 aromatic carbocycles. The predicted molar refractivity (Wildman–Crippen MR) is 80.4 cm³/mol. The van der Waals surface area contributed by atoms with Crippen LogP contribution in [0.4, 0.5) is 0 Å². The summed E-state index contributed by atoms with van der Waals surface area (Å²) >= 11 is 0. The minimum Gasteiger partial charge on any atom is -0.463 e. The van der Waals surface area contributed by atoms with E-state index >= 15 is 0 Å². The number of rotatable bonds is 11. The molecule has 0 aromatic rings. The number of carbonyl (C=O) groups excluding carboxylic acids is 1. The molecule has 118 valence electrons. The molecule has 0 spiro atoms. The number of ether oxygens (including phenoxy) is 1. The smallest absolute Gasteiger partial charge is 0.463 e. The maximum atomic E-state index is 11.4. The monoisotopic (exact) mass is 304 g/mol. The van der Waals surface area contributed by atoms with Crippen LogP contribution in [0.3, 0.4) is 0 Å². The Bertz CT molecular complexity index is 283. The van der Waals surface area contributed by atoms with E-state index in [2.05, 4.69) is 0 Å². The molecule has 0 unspecified atom stereocenters. The number of hydrogen-bond acceptors (Lipinski definition) is 5. The van der Waals surface area contributed by atoms with Gasteiger partial charge in [-0.15, -0.1) is 0 Å². The Kier molecular flexibility index (Phi) is 10.6. The van der Waals surface area contributed by atoms with Crippen LogP contribution in [-0.2, 0) is 22.8 Å². The van der Waals surface area contributed by atoms with Crippen molar-refractivity contribution < 1.29 is 22.8 Å².